The number of nitrogens with one attached hydrogen (secondary N) is 2. The number of rotatable bonds is 4. The third kappa shape index (κ3) is 4.52. The molecule has 3 atom stereocenters. The molecule has 18 heavy (non-hydrogen) atoms. The van der Waals surface area contributed by atoms with Crippen LogP contribution >= 0.6 is 0 Å². The minimum Gasteiger partial charge on any atom is -0.313 e. The number of hydrogen-bond donors (Lipinski definition) is 2. The molecule has 0 bridgehead atoms. The van der Waals surface area contributed by atoms with Crippen molar-refractivity contribution in [3.8, 4) is 0 Å². The zero-order valence-electron chi connectivity index (χ0n) is 11.3. The summed E-state index contributed by atoms with van der Waals surface area (Å²) in [4.78, 5) is 0. The van der Waals surface area contributed by atoms with E-state index in [2.05, 4.69) is 17.0 Å². The predicted octanol–water partition coefficient (Wildman–Crippen LogP) is 1.63. The van der Waals surface area contributed by atoms with Gasteiger partial charge in [0.15, 0.2) is 0 Å². The van der Waals surface area contributed by atoms with Crippen molar-refractivity contribution >= 4 is 10.0 Å². The first-order valence-corrected chi connectivity index (χ1v) is 8.94. The Morgan fingerprint density at radius 2 is 2.00 bits per heavy atom. The molecule has 106 valence electrons. The molecular weight excluding hydrogens is 248 g/mol. The van der Waals surface area contributed by atoms with Crippen LogP contribution in [0.25, 0.3) is 0 Å². The van der Waals surface area contributed by atoms with E-state index in [1.807, 2.05) is 0 Å². The van der Waals surface area contributed by atoms with Gasteiger partial charge < -0.3 is 5.32 Å². The summed E-state index contributed by atoms with van der Waals surface area (Å²) in [6.07, 6.45) is 7.69. The molecule has 1 aliphatic heterocycles. The summed E-state index contributed by atoms with van der Waals surface area (Å²) in [6, 6.07) is 0.319. The van der Waals surface area contributed by atoms with Crippen molar-refractivity contribution in [1.82, 2.24) is 10.0 Å². The van der Waals surface area contributed by atoms with Crippen molar-refractivity contribution in [2.24, 2.45) is 5.92 Å². The maximum Gasteiger partial charge on any atom is 0.213 e. The molecule has 0 amide bonds. The van der Waals surface area contributed by atoms with Crippen LogP contribution in [0.3, 0.4) is 0 Å². The fourth-order valence-electron chi connectivity index (χ4n) is 3.17. The monoisotopic (exact) mass is 274 g/mol. The Balaban J connectivity index is 1.82. The summed E-state index contributed by atoms with van der Waals surface area (Å²) in [5, 5.41) is 3.30. The zero-order chi connectivity index (χ0) is 13.0. The Hall–Kier alpha value is -0.130. The van der Waals surface area contributed by atoms with Gasteiger partial charge in [-0.15, -0.1) is 0 Å². The lowest BCUT2D eigenvalue weighted by molar-refractivity contribution is 0.326. The summed E-state index contributed by atoms with van der Waals surface area (Å²) in [5.74, 6) is 0.900. The minimum atomic E-state index is -3.12. The van der Waals surface area contributed by atoms with E-state index in [1.54, 1.807) is 0 Å². The molecule has 4 nitrogen and oxygen atoms in total. The first kappa shape index (κ1) is 14.3. The van der Waals surface area contributed by atoms with Gasteiger partial charge in [-0.1, -0.05) is 26.2 Å². The third-order valence-corrected chi connectivity index (χ3v) is 5.65. The van der Waals surface area contributed by atoms with Crippen LogP contribution in [-0.4, -0.2) is 32.8 Å². The Kier molecular flexibility index (Phi) is 5.04. The summed E-state index contributed by atoms with van der Waals surface area (Å²) in [6.45, 7) is 3.17. The van der Waals surface area contributed by atoms with E-state index in [-0.39, 0.29) is 17.8 Å². The Labute approximate surface area is 111 Å². The molecule has 1 heterocycles. The topological polar surface area (TPSA) is 58.2 Å². The van der Waals surface area contributed by atoms with E-state index >= 15 is 0 Å². The van der Waals surface area contributed by atoms with Gasteiger partial charge in [0.25, 0.3) is 0 Å². The fourth-order valence-corrected chi connectivity index (χ4v) is 4.81. The van der Waals surface area contributed by atoms with Crippen LogP contribution in [0.5, 0.6) is 0 Å². The maximum atomic E-state index is 12.1. The molecular formula is C13H26N2O2S. The second kappa shape index (κ2) is 6.35. The SMILES string of the molecule is CC1CCCC(NS(=O)(=O)CC2CCCCN2)C1. The average Bonchev–Trinajstić information content (AvgIpc) is 2.28. The van der Waals surface area contributed by atoms with Crippen LogP contribution in [-0.2, 0) is 10.0 Å². The number of hydrogen-bond acceptors (Lipinski definition) is 3. The Morgan fingerprint density at radius 1 is 1.17 bits per heavy atom. The molecule has 1 aliphatic carbocycles. The summed E-state index contributed by atoms with van der Waals surface area (Å²) in [5.41, 5.74) is 0. The molecule has 1 saturated carbocycles. The molecule has 2 N–H and O–H groups in total. The zero-order valence-corrected chi connectivity index (χ0v) is 12.1. The normalized spacial score (nSPS) is 34.4. The van der Waals surface area contributed by atoms with Gasteiger partial charge in [0.1, 0.15) is 0 Å². The standard InChI is InChI=1S/C13H26N2O2S/c1-11-5-4-7-12(9-11)15-18(16,17)10-13-6-2-3-8-14-13/h11-15H,2-10H2,1H3. The molecule has 0 aromatic carbocycles. The van der Waals surface area contributed by atoms with Crippen LogP contribution in [0, 0.1) is 5.92 Å². The van der Waals surface area contributed by atoms with Crippen molar-refractivity contribution in [3.05, 3.63) is 0 Å². The number of piperidine rings is 1. The van der Waals surface area contributed by atoms with E-state index in [0.29, 0.717) is 5.92 Å². The molecule has 2 aliphatic rings. The van der Waals surface area contributed by atoms with E-state index in [0.717, 1.165) is 38.6 Å². The van der Waals surface area contributed by atoms with Crippen LogP contribution in [0.1, 0.15) is 51.9 Å². The van der Waals surface area contributed by atoms with Crippen molar-refractivity contribution in [3.63, 3.8) is 0 Å². The highest BCUT2D eigenvalue weighted by Gasteiger charge is 2.26. The van der Waals surface area contributed by atoms with Crippen molar-refractivity contribution < 1.29 is 8.42 Å². The quantitative estimate of drug-likeness (QED) is 0.819. The predicted molar refractivity (Wildman–Crippen MR) is 74.0 cm³/mol. The lowest BCUT2D eigenvalue weighted by Gasteiger charge is -2.29. The summed E-state index contributed by atoms with van der Waals surface area (Å²) < 4.78 is 27.2. The van der Waals surface area contributed by atoms with Gasteiger partial charge in [-0.05, 0) is 38.1 Å². The first-order valence-electron chi connectivity index (χ1n) is 7.28. The van der Waals surface area contributed by atoms with Crippen LogP contribution in [0.4, 0.5) is 0 Å². The first-order chi connectivity index (χ1) is 8.55. The Morgan fingerprint density at radius 3 is 2.67 bits per heavy atom. The summed E-state index contributed by atoms with van der Waals surface area (Å²) in [7, 11) is -3.12. The van der Waals surface area contributed by atoms with E-state index < -0.39 is 10.0 Å². The van der Waals surface area contributed by atoms with Gasteiger partial charge in [-0.2, -0.15) is 0 Å². The molecule has 2 rings (SSSR count). The van der Waals surface area contributed by atoms with E-state index in [9.17, 15) is 8.42 Å². The lowest BCUT2D eigenvalue weighted by atomic mass is 9.88. The molecule has 3 unspecified atom stereocenters. The van der Waals surface area contributed by atoms with Crippen molar-refractivity contribution in [1.29, 1.82) is 0 Å². The van der Waals surface area contributed by atoms with Crippen LogP contribution < -0.4 is 10.0 Å². The van der Waals surface area contributed by atoms with Crippen molar-refractivity contribution in [2.75, 3.05) is 12.3 Å². The van der Waals surface area contributed by atoms with Gasteiger partial charge in [-0.3, -0.25) is 0 Å². The second-order valence-corrected chi connectivity index (χ2v) is 7.81. The maximum absolute atomic E-state index is 12.1. The van der Waals surface area contributed by atoms with Gasteiger partial charge >= 0.3 is 0 Å². The molecule has 0 spiro atoms. The molecule has 1 saturated heterocycles. The molecule has 2 fully saturated rings. The van der Waals surface area contributed by atoms with E-state index in [1.165, 1.54) is 12.8 Å². The van der Waals surface area contributed by atoms with Gasteiger partial charge in [0, 0.05) is 12.1 Å². The molecule has 0 aromatic rings. The smallest absolute Gasteiger partial charge is 0.213 e. The fraction of sp³-hybridized carbons (Fsp3) is 1.00. The highest BCUT2D eigenvalue weighted by Crippen LogP contribution is 2.24. The summed E-state index contributed by atoms with van der Waals surface area (Å²) >= 11 is 0. The van der Waals surface area contributed by atoms with Gasteiger partial charge in [-0.25, -0.2) is 13.1 Å². The van der Waals surface area contributed by atoms with Gasteiger partial charge in [0.2, 0.25) is 10.0 Å². The third-order valence-electron chi connectivity index (χ3n) is 4.12. The minimum absolute atomic E-state index is 0.150. The molecule has 0 aromatic heterocycles. The van der Waals surface area contributed by atoms with E-state index in [4.69, 9.17) is 0 Å². The highest BCUT2D eigenvalue weighted by atomic mass is 32.2. The van der Waals surface area contributed by atoms with Crippen LogP contribution in [0.15, 0.2) is 0 Å². The van der Waals surface area contributed by atoms with Crippen molar-refractivity contribution in [2.45, 2.75) is 64.0 Å². The van der Waals surface area contributed by atoms with Gasteiger partial charge in [0.05, 0.1) is 5.75 Å². The Bertz CT molecular complexity index is 350. The molecule has 5 heteroatoms. The molecule has 0 radical (unpaired) electrons. The lowest BCUT2D eigenvalue weighted by Crippen LogP contribution is -2.46. The largest absolute Gasteiger partial charge is 0.313 e. The second-order valence-electron chi connectivity index (χ2n) is 6.01. The highest BCUT2D eigenvalue weighted by molar-refractivity contribution is 7.89. The number of sulfonamides is 1. The average molecular weight is 274 g/mol. The van der Waals surface area contributed by atoms with Crippen LogP contribution in [0.2, 0.25) is 0 Å².